The van der Waals surface area contributed by atoms with Crippen LogP contribution < -0.4 is 10.5 Å². The number of benzene rings is 1. The summed E-state index contributed by atoms with van der Waals surface area (Å²) < 4.78 is 59.0. The molecular weight excluding hydrogens is 290 g/mol. The molecule has 0 radical (unpaired) electrons. The molecule has 0 aromatic heterocycles. The number of anilines is 1. The molecule has 2 unspecified atom stereocenters. The van der Waals surface area contributed by atoms with Crippen molar-refractivity contribution in [3.05, 3.63) is 23.8 Å². The number of nitrogen functional groups attached to an aromatic ring is 1. The number of nitrogens with one attached hydrogen (secondary N) is 1. The summed E-state index contributed by atoms with van der Waals surface area (Å²) in [5, 5.41) is 0. The molecule has 1 aliphatic rings. The lowest BCUT2D eigenvalue weighted by Crippen LogP contribution is -2.50. The fraction of sp³-hybridized carbons (Fsp3) is 0.500. The second-order valence-electron chi connectivity index (χ2n) is 5.09. The summed E-state index contributed by atoms with van der Waals surface area (Å²) >= 11 is 0. The lowest BCUT2D eigenvalue weighted by molar-refractivity contribution is 0.0957. The van der Waals surface area contributed by atoms with Crippen LogP contribution >= 0.6 is 0 Å². The minimum atomic E-state index is -4.16. The number of hydrogen-bond acceptors (Lipinski definition) is 4. The SMILES string of the molecule is CC1OCCC1(C)NS(=O)(=O)c1cc(N)c(F)cc1F. The molecule has 0 aliphatic carbocycles. The van der Waals surface area contributed by atoms with Crippen molar-refractivity contribution in [1.29, 1.82) is 0 Å². The monoisotopic (exact) mass is 306 g/mol. The third-order valence-electron chi connectivity index (χ3n) is 3.59. The fourth-order valence-corrected chi connectivity index (χ4v) is 3.67. The van der Waals surface area contributed by atoms with Crippen LogP contribution in [0.4, 0.5) is 14.5 Å². The summed E-state index contributed by atoms with van der Waals surface area (Å²) in [5.41, 5.74) is 4.03. The summed E-state index contributed by atoms with van der Waals surface area (Å²) in [7, 11) is -4.16. The van der Waals surface area contributed by atoms with E-state index in [0.29, 0.717) is 19.1 Å². The van der Waals surface area contributed by atoms with Gasteiger partial charge in [-0.1, -0.05) is 0 Å². The van der Waals surface area contributed by atoms with Crippen LogP contribution in [0.15, 0.2) is 17.0 Å². The second kappa shape index (κ2) is 4.94. The Morgan fingerprint density at radius 2 is 2.05 bits per heavy atom. The predicted octanol–water partition coefficient (Wildman–Crippen LogP) is 1.39. The van der Waals surface area contributed by atoms with E-state index in [9.17, 15) is 17.2 Å². The van der Waals surface area contributed by atoms with Crippen LogP contribution in [0, 0.1) is 11.6 Å². The highest BCUT2D eigenvalue weighted by molar-refractivity contribution is 7.89. The van der Waals surface area contributed by atoms with Gasteiger partial charge in [0.05, 0.1) is 17.3 Å². The van der Waals surface area contributed by atoms with Crippen molar-refractivity contribution in [2.45, 2.75) is 36.8 Å². The van der Waals surface area contributed by atoms with Gasteiger partial charge in [-0.25, -0.2) is 21.9 Å². The van der Waals surface area contributed by atoms with Crippen LogP contribution in [-0.4, -0.2) is 26.7 Å². The van der Waals surface area contributed by atoms with E-state index in [-0.39, 0.29) is 6.10 Å². The minimum Gasteiger partial charge on any atom is -0.396 e. The van der Waals surface area contributed by atoms with Crippen molar-refractivity contribution in [2.75, 3.05) is 12.3 Å². The Balaban J connectivity index is 2.39. The molecule has 0 saturated carbocycles. The van der Waals surface area contributed by atoms with Crippen LogP contribution in [-0.2, 0) is 14.8 Å². The van der Waals surface area contributed by atoms with Gasteiger partial charge in [-0.15, -0.1) is 0 Å². The topological polar surface area (TPSA) is 81.4 Å². The van der Waals surface area contributed by atoms with E-state index in [1.54, 1.807) is 13.8 Å². The van der Waals surface area contributed by atoms with Crippen LogP contribution in [0.1, 0.15) is 20.3 Å². The molecule has 20 heavy (non-hydrogen) atoms. The van der Waals surface area contributed by atoms with Gasteiger partial charge in [0.2, 0.25) is 10.0 Å². The van der Waals surface area contributed by atoms with Crippen LogP contribution in [0.25, 0.3) is 0 Å². The van der Waals surface area contributed by atoms with Crippen molar-refractivity contribution in [3.8, 4) is 0 Å². The summed E-state index contributed by atoms with van der Waals surface area (Å²) in [4.78, 5) is -0.670. The highest BCUT2D eigenvalue weighted by atomic mass is 32.2. The maximum atomic E-state index is 13.7. The van der Waals surface area contributed by atoms with Gasteiger partial charge in [0, 0.05) is 12.7 Å². The first-order valence-electron chi connectivity index (χ1n) is 6.06. The van der Waals surface area contributed by atoms with Gasteiger partial charge in [-0.2, -0.15) is 0 Å². The van der Waals surface area contributed by atoms with E-state index >= 15 is 0 Å². The number of rotatable bonds is 3. The average Bonchev–Trinajstić information content (AvgIpc) is 2.63. The van der Waals surface area contributed by atoms with Crippen LogP contribution in [0.3, 0.4) is 0 Å². The number of ether oxygens (including phenoxy) is 1. The average molecular weight is 306 g/mol. The molecule has 0 spiro atoms. The van der Waals surface area contributed by atoms with E-state index in [4.69, 9.17) is 10.5 Å². The van der Waals surface area contributed by atoms with Crippen molar-refractivity contribution in [2.24, 2.45) is 0 Å². The number of nitrogens with two attached hydrogens (primary N) is 1. The Hall–Kier alpha value is -1.25. The molecule has 1 aromatic carbocycles. The van der Waals surface area contributed by atoms with Crippen LogP contribution in [0.2, 0.25) is 0 Å². The Bertz CT molecular complexity index is 636. The predicted molar refractivity (Wildman–Crippen MR) is 69.5 cm³/mol. The number of halogens is 2. The molecule has 1 heterocycles. The molecular formula is C12H16F2N2O3S. The summed E-state index contributed by atoms with van der Waals surface area (Å²) in [6.07, 6.45) is 0.115. The largest absolute Gasteiger partial charge is 0.396 e. The van der Waals surface area contributed by atoms with Gasteiger partial charge in [-0.05, 0) is 26.3 Å². The van der Waals surface area contributed by atoms with Crippen LogP contribution in [0.5, 0.6) is 0 Å². The Morgan fingerprint density at radius 3 is 2.60 bits per heavy atom. The van der Waals surface area contributed by atoms with E-state index in [0.717, 1.165) is 6.07 Å². The van der Waals surface area contributed by atoms with Gasteiger partial charge in [0.15, 0.2) is 0 Å². The van der Waals surface area contributed by atoms with Crippen molar-refractivity contribution in [3.63, 3.8) is 0 Å². The van der Waals surface area contributed by atoms with E-state index in [1.807, 2.05) is 0 Å². The first kappa shape index (κ1) is 15.1. The molecule has 3 N–H and O–H groups in total. The van der Waals surface area contributed by atoms with E-state index < -0.39 is 37.8 Å². The number of sulfonamides is 1. The highest BCUT2D eigenvalue weighted by Gasteiger charge is 2.41. The highest BCUT2D eigenvalue weighted by Crippen LogP contribution is 2.29. The second-order valence-corrected chi connectivity index (χ2v) is 6.74. The Kier molecular flexibility index (Phi) is 3.74. The first-order chi connectivity index (χ1) is 9.16. The first-order valence-corrected chi connectivity index (χ1v) is 7.54. The molecule has 1 saturated heterocycles. The molecule has 8 heteroatoms. The fourth-order valence-electron chi connectivity index (χ4n) is 2.08. The smallest absolute Gasteiger partial charge is 0.244 e. The van der Waals surface area contributed by atoms with E-state index in [2.05, 4.69) is 4.72 Å². The quantitative estimate of drug-likeness (QED) is 0.827. The maximum absolute atomic E-state index is 13.7. The van der Waals surface area contributed by atoms with Gasteiger partial charge in [0.1, 0.15) is 16.5 Å². The number of hydrogen-bond donors (Lipinski definition) is 2. The third kappa shape index (κ3) is 2.63. The molecule has 2 rings (SSSR count). The van der Waals surface area contributed by atoms with Gasteiger partial charge >= 0.3 is 0 Å². The van der Waals surface area contributed by atoms with Gasteiger partial charge in [-0.3, -0.25) is 0 Å². The standard InChI is InChI=1S/C12H16F2N2O3S/c1-7-12(2,3-4-19-7)16-20(17,18)11-6-10(15)8(13)5-9(11)14/h5-7,16H,3-4,15H2,1-2H3. The normalized spacial score (nSPS) is 26.9. The van der Waals surface area contributed by atoms with Crippen molar-refractivity contribution < 1.29 is 21.9 Å². The Labute approximate surface area is 116 Å². The molecule has 0 bridgehead atoms. The maximum Gasteiger partial charge on any atom is 0.244 e. The molecule has 1 fully saturated rings. The lowest BCUT2D eigenvalue weighted by Gasteiger charge is -2.28. The molecule has 1 aliphatic heterocycles. The van der Waals surface area contributed by atoms with E-state index in [1.165, 1.54) is 0 Å². The molecule has 2 atom stereocenters. The zero-order valence-electron chi connectivity index (χ0n) is 11.1. The molecule has 1 aromatic rings. The van der Waals surface area contributed by atoms with Crippen molar-refractivity contribution in [1.82, 2.24) is 4.72 Å². The van der Waals surface area contributed by atoms with Gasteiger partial charge in [0.25, 0.3) is 0 Å². The zero-order chi connectivity index (χ0) is 15.1. The Morgan fingerprint density at radius 1 is 1.40 bits per heavy atom. The molecule has 5 nitrogen and oxygen atoms in total. The third-order valence-corrected chi connectivity index (χ3v) is 5.22. The summed E-state index contributed by atoms with van der Waals surface area (Å²) in [5.74, 6) is -2.18. The zero-order valence-corrected chi connectivity index (χ0v) is 11.9. The summed E-state index contributed by atoms with van der Waals surface area (Å²) in [6, 6.07) is 1.23. The minimum absolute atomic E-state index is 0.349. The lowest BCUT2D eigenvalue weighted by atomic mass is 9.97. The molecule has 0 amide bonds. The summed E-state index contributed by atoms with van der Waals surface area (Å²) in [6.45, 7) is 3.81. The van der Waals surface area contributed by atoms with Gasteiger partial charge < -0.3 is 10.5 Å². The molecule has 112 valence electrons. The van der Waals surface area contributed by atoms with Crippen molar-refractivity contribution >= 4 is 15.7 Å².